The monoisotopic (exact) mass is 545 g/mol. The van der Waals surface area contributed by atoms with Gasteiger partial charge in [-0.25, -0.2) is 37.5 Å². The molecule has 2 aliphatic rings. The minimum absolute atomic E-state index is 0.0790. The molecule has 6 rings (SSSR count). The molecule has 1 saturated carbocycles. The first-order valence-corrected chi connectivity index (χ1v) is 12.2. The van der Waals surface area contributed by atoms with E-state index in [9.17, 15) is 13.2 Å². The highest BCUT2D eigenvalue weighted by Gasteiger charge is 2.71. The van der Waals surface area contributed by atoms with E-state index in [-0.39, 0.29) is 35.3 Å². The molecule has 9 nitrogen and oxygen atoms in total. The van der Waals surface area contributed by atoms with Crippen molar-refractivity contribution in [2.45, 2.75) is 36.7 Å². The van der Waals surface area contributed by atoms with Crippen LogP contribution in [0.2, 0.25) is 0 Å². The van der Waals surface area contributed by atoms with Crippen molar-refractivity contribution in [3.8, 4) is 5.75 Å². The molecule has 1 aliphatic heterocycles. The first-order chi connectivity index (χ1) is 18.2. The molecule has 0 radical (unpaired) electrons. The number of ether oxygens (including phenoxy) is 1. The summed E-state index contributed by atoms with van der Waals surface area (Å²) in [4.78, 5) is 21.0. The standard InChI is InChI=1S/C24H19F4N7O2S/c1-23(16-7-24(16,21(27)28)38-22(29)35-23)13-4-11(5-14(25)18(13)26)34-20-19-15(32-10-33-20)6-12(8-31-19)37-9-17-30-2-3-36-17/h2-6,8,10,16,21H,7,9H2,1H3,(H2,29,35)(H,32,33,34)/t16-,23+,24-/m0/s1. The lowest BCUT2D eigenvalue weighted by atomic mass is 9.85. The van der Waals surface area contributed by atoms with Crippen LogP contribution in [0, 0.1) is 17.6 Å². The van der Waals surface area contributed by atoms with E-state index >= 15 is 4.39 Å². The molecule has 3 aromatic heterocycles. The third-order valence-corrected chi connectivity index (χ3v) is 8.08. The van der Waals surface area contributed by atoms with Crippen LogP contribution in [0.4, 0.5) is 29.1 Å². The van der Waals surface area contributed by atoms with Crippen LogP contribution in [0.5, 0.6) is 5.75 Å². The van der Waals surface area contributed by atoms with Crippen LogP contribution in [0.15, 0.2) is 52.6 Å². The molecule has 14 heteroatoms. The summed E-state index contributed by atoms with van der Waals surface area (Å²) < 4.78 is 66.9. The summed E-state index contributed by atoms with van der Waals surface area (Å²) in [6.07, 6.45) is 3.04. The van der Waals surface area contributed by atoms with Gasteiger partial charge in [0.15, 0.2) is 29.2 Å². The van der Waals surface area contributed by atoms with Crippen molar-refractivity contribution in [3.63, 3.8) is 0 Å². The molecule has 0 unspecified atom stereocenters. The van der Waals surface area contributed by atoms with Crippen LogP contribution in [-0.2, 0) is 12.1 Å². The van der Waals surface area contributed by atoms with Crippen LogP contribution in [0.3, 0.4) is 0 Å². The Bertz CT molecular complexity index is 1570. The van der Waals surface area contributed by atoms with Crippen LogP contribution in [-0.4, -0.2) is 36.3 Å². The third kappa shape index (κ3) is 3.99. The van der Waals surface area contributed by atoms with Gasteiger partial charge in [-0.15, -0.1) is 0 Å². The number of anilines is 2. The number of hydrogen-bond donors (Lipinski definition) is 2. The van der Waals surface area contributed by atoms with Crippen LogP contribution < -0.4 is 15.8 Å². The third-order valence-electron chi connectivity index (χ3n) is 6.77. The zero-order valence-electron chi connectivity index (χ0n) is 19.7. The Morgan fingerprint density at radius 1 is 1.21 bits per heavy atom. The molecule has 38 heavy (non-hydrogen) atoms. The van der Waals surface area contributed by atoms with Gasteiger partial charge in [-0.3, -0.25) is 4.99 Å². The van der Waals surface area contributed by atoms with E-state index in [0.717, 1.165) is 17.8 Å². The second-order valence-electron chi connectivity index (χ2n) is 9.13. The molecule has 0 amide bonds. The summed E-state index contributed by atoms with van der Waals surface area (Å²) in [6, 6.07) is 3.91. The van der Waals surface area contributed by atoms with Crippen LogP contribution in [0.1, 0.15) is 24.8 Å². The zero-order chi connectivity index (χ0) is 26.7. The summed E-state index contributed by atoms with van der Waals surface area (Å²) in [5.41, 5.74) is 5.09. The molecule has 0 spiro atoms. The number of nitrogens with two attached hydrogens (primary N) is 1. The summed E-state index contributed by atoms with van der Waals surface area (Å²) in [5, 5.41) is 2.85. The van der Waals surface area contributed by atoms with Gasteiger partial charge >= 0.3 is 0 Å². The van der Waals surface area contributed by atoms with Crippen molar-refractivity contribution in [3.05, 3.63) is 66.3 Å². The zero-order valence-corrected chi connectivity index (χ0v) is 20.5. The van der Waals surface area contributed by atoms with Gasteiger partial charge in [0.1, 0.15) is 23.9 Å². The van der Waals surface area contributed by atoms with E-state index < -0.39 is 34.3 Å². The number of fused-ring (bicyclic) bond motifs is 2. The fourth-order valence-corrected chi connectivity index (χ4v) is 6.17. The number of aromatic nitrogens is 4. The Morgan fingerprint density at radius 3 is 2.82 bits per heavy atom. The van der Waals surface area contributed by atoms with Gasteiger partial charge in [-0.1, -0.05) is 11.8 Å². The molecule has 0 bridgehead atoms. The Kier molecular flexibility index (Phi) is 5.67. The molecule has 1 aliphatic carbocycles. The quantitative estimate of drug-likeness (QED) is 0.312. The minimum Gasteiger partial charge on any atom is -0.482 e. The lowest BCUT2D eigenvalue weighted by molar-refractivity contribution is 0.123. The average Bonchev–Trinajstić information content (AvgIpc) is 3.42. The number of nitrogens with zero attached hydrogens (tertiary/aromatic N) is 5. The Labute approximate surface area is 216 Å². The first kappa shape index (κ1) is 24.4. The van der Waals surface area contributed by atoms with Crippen molar-refractivity contribution in [1.82, 2.24) is 19.9 Å². The molecule has 196 valence electrons. The number of aliphatic imine (C=N–C) groups is 1. The Balaban J connectivity index is 1.32. The SMILES string of the molecule is C[C@]1(c2cc(Nc3ncnc4cc(OCc5ncco5)cnc34)cc(F)c2F)N=C(N)S[C@@]2(C(F)F)C[C@@H]12. The number of amidine groups is 1. The van der Waals surface area contributed by atoms with E-state index in [1.54, 1.807) is 6.07 Å². The van der Waals surface area contributed by atoms with Crippen molar-refractivity contribution in [1.29, 1.82) is 0 Å². The van der Waals surface area contributed by atoms with Gasteiger partial charge < -0.3 is 20.2 Å². The topological polar surface area (TPSA) is 124 Å². The normalized spacial score (nSPS) is 24.3. The number of pyridine rings is 1. The van der Waals surface area contributed by atoms with Crippen molar-refractivity contribution in [2.75, 3.05) is 5.32 Å². The first-order valence-electron chi connectivity index (χ1n) is 11.4. The van der Waals surface area contributed by atoms with E-state index in [4.69, 9.17) is 14.9 Å². The van der Waals surface area contributed by atoms with Gasteiger partial charge in [-0.05, 0) is 19.4 Å². The number of hydrogen-bond acceptors (Lipinski definition) is 10. The highest BCUT2D eigenvalue weighted by atomic mass is 32.2. The lowest BCUT2D eigenvalue weighted by Crippen LogP contribution is -2.39. The van der Waals surface area contributed by atoms with E-state index in [1.807, 2.05) is 0 Å². The van der Waals surface area contributed by atoms with Gasteiger partial charge in [0, 0.05) is 29.3 Å². The predicted octanol–water partition coefficient (Wildman–Crippen LogP) is 4.91. The molecule has 1 aromatic carbocycles. The van der Waals surface area contributed by atoms with Crippen molar-refractivity contribution < 1.29 is 26.7 Å². The smallest absolute Gasteiger partial charge is 0.253 e. The van der Waals surface area contributed by atoms with E-state index in [0.29, 0.717) is 22.7 Å². The molecular weight excluding hydrogens is 526 g/mol. The summed E-state index contributed by atoms with van der Waals surface area (Å²) in [5.74, 6) is -2.05. The summed E-state index contributed by atoms with van der Waals surface area (Å²) in [7, 11) is 0. The number of nitrogens with one attached hydrogen (secondary N) is 1. The number of thioether (sulfide) groups is 1. The minimum atomic E-state index is -2.69. The molecule has 3 atom stereocenters. The Morgan fingerprint density at radius 2 is 2.05 bits per heavy atom. The summed E-state index contributed by atoms with van der Waals surface area (Å²) in [6.45, 7) is 1.59. The highest BCUT2D eigenvalue weighted by molar-refractivity contribution is 8.15. The van der Waals surface area contributed by atoms with E-state index in [2.05, 4.69) is 30.2 Å². The maximum atomic E-state index is 15.1. The number of oxazole rings is 1. The second kappa shape index (κ2) is 8.82. The van der Waals surface area contributed by atoms with Gasteiger partial charge in [0.25, 0.3) is 6.43 Å². The molecule has 4 heterocycles. The van der Waals surface area contributed by atoms with Crippen LogP contribution in [0.25, 0.3) is 11.0 Å². The number of rotatable bonds is 7. The second-order valence-corrected chi connectivity index (χ2v) is 10.5. The van der Waals surface area contributed by atoms with E-state index in [1.165, 1.54) is 38.0 Å². The maximum absolute atomic E-state index is 15.1. The number of halogens is 4. The molecule has 1 fully saturated rings. The van der Waals surface area contributed by atoms with Crippen LogP contribution >= 0.6 is 11.8 Å². The fraction of sp³-hybridized carbons (Fsp3) is 0.292. The lowest BCUT2D eigenvalue weighted by Gasteiger charge is -2.34. The van der Waals surface area contributed by atoms with Crippen molar-refractivity contribution in [2.24, 2.45) is 16.6 Å². The van der Waals surface area contributed by atoms with Crippen molar-refractivity contribution >= 4 is 39.5 Å². The predicted molar refractivity (Wildman–Crippen MR) is 131 cm³/mol. The summed E-state index contributed by atoms with van der Waals surface area (Å²) >= 11 is 0.792. The fourth-order valence-electron chi connectivity index (χ4n) is 4.84. The van der Waals surface area contributed by atoms with Gasteiger partial charge in [0.2, 0.25) is 5.89 Å². The molecular formula is C24H19F4N7O2S. The molecule has 3 N–H and O–H groups in total. The molecule has 0 saturated heterocycles. The number of benzene rings is 1. The Hall–Kier alpha value is -3.94. The highest BCUT2D eigenvalue weighted by Crippen LogP contribution is 2.68. The van der Waals surface area contributed by atoms with Gasteiger partial charge in [0.05, 0.1) is 28.2 Å². The maximum Gasteiger partial charge on any atom is 0.253 e. The molecule has 4 aromatic rings. The number of alkyl halides is 2. The van der Waals surface area contributed by atoms with Gasteiger partial charge in [-0.2, -0.15) is 0 Å². The largest absolute Gasteiger partial charge is 0.482 e. The average molecular weight is 546 g/mol.